The summed E-state index contributed by atoms with van der Waals surface area (Å²) in [4.78, 5) is 23.2. The van der Waals surface area contributed by atoms with Gasteiger partial charge in [0.2, 0.25) is 0 Å². The predicted molar refractivity (Wildman–Crippen MR) is 105 cm³/mol. The van der Waals surface area contributed by atoms with Crippen molar-refractivity contribution in [3.05, 3.63) is 42.5 Å². The van der Waals surface area contributed by atoms with Gasteiger partial charge >= 0.3 is 11.9 Å². The average molecular weight is 372 g/mol. The average Bonchev–Trinajstić information content (AvgIpc) is 2.63. The first-order chi connectivity index (χ1) is 12.9. The zero-order valence-corrected chi connectivity index (χ0v) is 16.4. The van der Waals surface area contributed by atoms with Crippen LogP contribution in [0.1, 0.15) is 40.5 Å². The lowest BCUT2D eigenvalue weighted by molar-refractivity contribution is -0.170. The van der Waals surface area contributed by atoms with Crippen molar-refractivity contribution in [3.63, 3.8) is 0 Å². The molecule has 2 aromatic rings. The molecule has 0 aliphatic heterocycles. The lowest BCUT2D eigenvalue weighted by Gasteiger charge is -2.21. The number of esters is 2. The molecule has 5 heteroatoms. The third-order valence-electron chi connectivity index (χ3n) is 4.20. The van der Waals surface area contributed by atoms with Gasteiger partial charge in [0.05, 0.1) is 0 Å². The highest BCUT2D eigenvalue weighted by Crippen LogP contribution is 2.25. The third-order valence-corrected chi connectivity index (χ3v) is 4.20. The first kappa shape index (κ1) is 20.7. The highest BCUT2D eigenvalue weighted by Gasteiger charge is 2.23. The van der Waals surface area contributed by atoms with E-state index in [1.165, 1.54) is 13.8 Å². The van der Waals surface area contributed by atoms with Gasteiger partial charge in [-0.25, -0.2) is 4.79 Å². The van der Waals surface area contributed by atoms with E-state index in [1.54, 1.807) is 0 Å². The predicted octanol–water partition coefficient (Wildman–Crippen LogP) is 4.52. The van der Waals surface area contributed by atoms with Crippen molar-refractivity contribution in [1.29, 1.82) is 0 Å². The minimum absolute atomic E-state index is 0.249. The van der Waals surface area contributed by atoms with E-state index in [0.29, 0.717) is 12.3 Å². The van der Waals surface area contributed by atoms with Crippen LogP contribution in [0.15, 0.2) is 42.5 Å². The molecule has 27 heavy (non-hydrogen) atoms. The van der Waals surface area contributed by atoms with Gasteiger partial charge in [0.15, 0.2) is 6.10 Å². The first-order valence-corrected chi connectivity index (χ1v) is 9.35. The Labute approximate surface area is 160 Å². The molecule has 0 bridgehead atoms. The van der Waals surface area contributed by atoms with Crippen LogP contribution in [0.25, 0.3) is 10.8 Å². The second kappa shape index (κ2) is 9.95. The molecule has 0 saturated heterocycles. The van der Waals surface area contributed by atoms with E-state index in [2.05, 4.69) is 13.8 Å². The van der Waals surface area contributed by atoms with Crippen molar-refractivity contribution >= 4 is 22.7 Å². The number of carbonyl (C=O) groups is 2. The Morgan fingerprint density at radius 2 is 1.63 bits per heavy atom. The molecule has 0 radical (unpaired) electrons. The van der Waals surface area contributed by atoms with E-state index < -0.39 is 24.1 Å². The van der Waals surface area contributed by atoms with Crippen molar-refractivity contribution in [2.45, 2.75) is 52.7 Å². The molecule has 2 aromatic carbocycles. The van der Waals surface area contributed by atoms with Crippen LogP contribution in [0, 0.1) is 5.92 Å². The van der Waals surface area contributed by atoms with Gasteiger partial charge in [0.1, 0.15) is 18.5 Å². The summed E-state index contributed by atoms with van der Waals surface area (Å²) >= 11 is 0. The highest BCUT2D eigenvalue weighted by atomic mass is 16.6. The van der Waals surface area contributed by atoms with Crippen molar-refractivity contribution in [1.82, 2.24) is 0 Å². The summed E-state index contributed by atoms with van der Waals surface area (Å²) in [5, 5.41) is 2.11. The van der Waals surface area contributed by atoms with Gasteiger partial charge in [-0.05, 0) is 37.1 Å². The topological polar surface area (TPSA) is 61.8 Å². The maximum atomic E-state index is 12.2. The summed E-state index contributed by atoms with van der Waals surface area (Å²) in [6.45, 7) is 7.26. The van der Waals surface area contributed by atoms with Crippen molar-refractivity contribution in [3.8, 4) is 5.75 Å². The number of carbonyl (C=O) groups excluding carboxylic acids is 2. The molecule has 0 aliphatic carbocycles. The van der Waals surface area contributed by atoms with Crippen LogP contribution in [0.5, 0.6) is 5.75 Å². The van der Waals surface area contributed by atoms with E-state index in [-0.39, 0.29) is 6.61 Å². The van der Waals surface area contributed by atoms with Crippen LogP contribution in [-0.4, -0.2) is 30.8 Å². The largest absolute Gasteiger partial charge is 0.489 e. The molecule has 0 spiro atoms. The number of fused-ring (bicyclic) bond motifs is 1. The zero-order valence-electron chi connectivity index (χ0n) is 16.4. The van der Waals surface area contributed by atoms with Gasteiger partial charge in [0.25, 0.3) is 0 Å². The van der Waals surface area contributed by atoms with Crippen molar-refractivity contribution in [2.24, 2.45) is 5.92 Å². The summed E-state index contributed by atoms with van der Waals surface area (Å²) < 4.78 is 16.5. The number of hydrogen-bond acceptors (Lipinski definition) is 5. The van der Waals surface area contributed by atoms with Crippen LogP contribution < -0.4 is 4.74 Å². The maximum Gasteiger partial charge on any atom is 0.347 e. The standard InChI is InChI=1S/C22H28O5/c1-15(2)12-13-19(27-22(24)16(3)26-17(4)23)14-25-21-11-7-9-18-8-5-6-10-20(18)21/h5-11,15-16,19H,12-14H2,1-4H3. The third kappa shape index (κ3) is 6.59. The van der Waals surface area contributed by atoms with E-state index in [9.17, 15) is 9.59 Å². The van der Waals surface area contributed by atoms with Gasteiger partial charge in [-0.2, -0.15) is 0 Å². The van der Waals surface area contributed by atoms with E-state index >= 15 is 0 Å². The Balaban J connectivity index is 2.05. The smallest absolute Gasteiger partial charge is 0.347 e. The normalized spacial score (nSPS) is 13.2. The number of benzene rings is 2. The summed E-state index contributed by atoms with van der Waals surface area (Å²) in [5.41, 5.74) is 0. The molecule has 0 heterocycles. The summed E-state index contributed by atoms with van der Waals surface area (Å²) in [7, 11) is 0. The SMILES string of the molecule is CC(=O)OC(C)C(=O)OC(CCC(C)C)COc1cccc2ccccc12. The van der Waals surface area contributed by atoms with E-state index in [4.69, 9.17) is 14.2 Å². The van der Waals surface area contributed by atoms with Gasteiger partial charge in [-0.15, -0.1) is 0 Å². The Kier molecular flexibility index (Phi) is 7.65. The van der Waals surface area contributed by atoms with Crippen molar-refractivity contribution < 1.29 is 23.8 Å². The zero-order chi connectivity index (χ0) is 19.8. The molecule has 5 nitrogen and oxygen atoms in total. The molecule has 146 valence electrons. The van der Waals surface area contributed by atoms with Crippen LogP contribution in [0.4, 0.5) is 0 Å². The minimum Gasteiger partial charge on any atom is -0.489 e. The molecule has 2 rings (SSSR count). The fraction of sp³-hybridized carbons (Fsp3) is 0.455. The second-order valence-corrected chi connectivity index (χ2v) is 7.07. The molecule has 2 unspecified atom stereocenters. The van der Waals surface area contributed by atoms with E-state index in [0.717, 1.165) is 22.9 Å². The summed E-state index contributed by atoms with van der Waals surface area (Å²) in [6, 6.07) is 13.9. The van der Waals surface area contributed by atoms with Gasteiger partial charge < -0.3 is 14.2 Å². The fourth-order valence-electron chi connectivity index (χ4n) is 2.76. The Morgan fingerprint density at radius 1 is 0.926 bits per heavy atom. The summed E-state index contributed by atoms with van der Waals surface area (Å²) in [6.07, 6.45) is 0.248. The monoisotopic (exact) mass is 372 g/mol. The minimum atomic E-state index is -0.929. The second-order valence-electron chi connectivity index (χ2n) is 7.07. The van der Waals surface area contributed by atoms with Crippen LogP contribution >= 0.6 is 0 Å². The van der Waals surface area contributed by atoms with Crippen LogP contribution in [-0.2, 0) is 19.1 Å². The van der Waals surface area contributed by atoms with Gasteiger partial charge in [-0.3, -0.25) is 4.79 Å². The molecule has 0 fully saturated rings. The van der Waals surface area contributed by atoms with Gasteiger partial charge in [0, 0.05) is 12.3 Å². The van der Waals surface area contributed by atoms with Crippen LogP contribution in [0.2, 0.25) is 0 Å². The van der Waals surface area contributed by atoms with Crippen molar-refractivity contribution in [2.75, 3.05) is 6.61 Å². The maximum absolute atomic E-state index is 12.2. The number of hydrogen-bond donors (Lipinski definition) is 0. The molecular formula is C22H28O5. The molecule has 0 aromatic heterocycles. The molecule has 0 saturated carbocycles. The first-order valence-electron chi connectivity index (χ1n) is 9.35. The number of ether oxygens (including phenoxy) is 3. The van der Waals surface area contributed by atoms with Crippen LogP contribution in [0.3, 0.4) is 0 Å². The van der Waals surface area contributed by atoms with Gasteiger partial charge in [-0.1, -0.05) is 50.2 Å². The quantitative estimate of drug-likeness (QED) is 0.606. The summed E-state index contributed by atoms with van der Waals surface area (Å²) in [5.74, 6) is 0.173. The lowest BCUT2D eigenvalue weighted by atomic mass is 10.1. The Bertz CT molecular complexity index is 763. The van der Waals surface area contributed by atoms with E-state index in [1.807, 2.05) is 42.5 Å². The highest BCUT2D eigenvalue weighted by molar-refractivity contribution is 5.88. The molecule has 0 N–H and O–H groups in total. The molecule has 0 amide bonds. The molecular weight excluding hydrogens is 344 g/mol. The lowest BCUT2D eigenvalue weighted by Crippen LogP contribution is -2.32. The Hall–Kier alpha value is -2.56. The Morgan fingerprint density at radius 3 is 2.33 bits per heavy atom. The molecule has 0 aliphatic rings. The number of rotatable bonds is 9. The molecule has 2 atom stereocenters. The fourth-order valence-corrected chi connectivity index (χ4v) is 2.76.